The van der Waals surface area contributed by atoms with Crippen molar-refractivity contribution < 1.29 is 0 Å². The van der Waals surface area contributed by atoms with Crippen molar-refractivity contribution in [3.05, 3.63) is 59.2 Å². The fraction of sp³-hybridized carbons (Fsp3) is 0.474. The van der Waals surface area contributed by atoms with Gasteiger partial charge in [-0.05, 0) is 55.7 Å². The lowest BCUT2D eigenvalue weighted by Gasteiger charge is -2.28. The highest BCUT2D eigenvalue weighted by atomic mass is 14.2. The summed E-state index contributed by atoms with van der Waals surface area (Å²) in [6.45, 7) is 4.21. The highest BCUT2D eigenvalue weighted by molar-refractivity contribution is 7.41. The van der Waals surface area contributed by atoms with Crippen molar-refractivity contribution in [2.24, 2.45) is 0 Å². The summed E-state index contributed by atoms with van der Waals surface area (Å²) in [5, 5.41) is 0. The molecule has 0 atom stereocenters. The quantitative estimate of drug-likeness (QED) is 0.537. The number of benzene rings is 1. The summed E-state index contributed by atoms with van der Waals surface area (Å²) in [6.07, 6.45) is 13.3. The monoisotopic (exact) mass is 302 g/mol. The molecular weight excluding hydrogens is 271 g/mol. The first kappa shape index (κ1) is 18.3. The standard InChI is InChI=1S/C19H30B4/c1-3-5-15(4-2)14-16-6-8-17(9-7-16)18-10-12-19(13-11-18)21-23-22-20/h3-9,18-19,21-23H,10-14,20H2,1-2H3/b5-3-,15-4+. The van der Waals surface area contributed by atoms with E-state index in [1.54, 1.807) is 5.56 Å². The molecule has 1 aliphatic carbocycles. The molecular formula is C19H30B4. The minimum Gasteiger partial charge on any atom is -0.0874 e. The van der Waals surface area contributed by atoms with Gasteiger partial charge in [0.05, 0.1) is 14.9 Å². The van der Waals surface area contributed by atoms with Gasteiger partial charge in [0.2, 0.25) is 0 Å². The first-order valence-corrected chi connectivity index (χ1v) is 9.63. The first-order chi connectivity index (χ1) is 11.3. The fourth-order valence-electron chi connectivity index (χ4n) is 3.89. The van der Waals surface area contributed by atoms with Crippen molar-refractivity contribution in [3.8, 4) is 0 Å². The van der Waals surface area contributed by atoms with Gasteiger partial charge in [-0.2, -0.15) is 0 Å². The normalized spacial score (nSPS) is 22.1. The van der Waals surface area contributed by atoms with Gasteiger partial charge < -0.3 is 0 Å². The predicted molar refractivity (Wildman–Crippen MR) is 114 cm³/mol. The minimum absolute atomic E-state index is 0.804. The van der Waals surface area contributed by atoms with E-state index in [1.165, 1.54) is 58.1 Å². The molecule has 4 heteroatoms. The molecule has 1 fully saturated rings. The van der Waals surface area contributed by atoms with E-state index in [-0.39, 0.29) is 0 Å². The molecule has 0 saturated heterocycles. The van der Waals surface area contributed by atoms with E-state index in [0.717, 1.165) is 18.2 Å². The molecule has 0 heterocycles. The molecule has 118 valence electrons. The molecule has 0 aromatic heterocycles. The average Bonchev–Trinajstić information content (AvgIpc) is 2.60. The lowest BCUT2D eigenvalue weighted by atomic mass is 9.11. The van der Waals surface area contributed by atoms with Gasteiger partial charge in [0.1, 0.15) is 0 Å². The van der Waals surface area contributed by atoms with Crippen LogP contribution in [0, 0.1) is 0 Å². The van der Waals surface area contributed by atoms with Crippen LogP contribution in [0.4, 0.5) is 0 Å². The third-order valence-electron chi connectivity index (χ3n) is 5.42. The van der Waals surface area contributed by atoms with Crippen LogP contribution in [0.1, 0.15) is 56.6 Å². The van der Waals surface area contributed by atoms with Crippen LogP contribution >= 0.6 is 0 Å². The van der Waals surface area contributed by atoms with Gasteiger partial charge in [0.15, 0.2) is 0 Å². The lowest BCUT2D eigenvalue weighted by Crippen LogP contribution is -2.21. The molecule has 1 saturated carbocycles. The summed E-state index contributed by atoms with van der Waals surface area (Å²) >= 11 is 0. The summed E-state index contributed by atoms with van der Waals surface area (Å²) in [5.74, 6) is 1.81. The van der Waals surface area contributed by atoms with E-state index in [9.17, 15) is 0 Å². The number of hydrogen-bond donors (Lipinski definition) is 0. The second-order valence-corrected chi connectivity index (χ2v) is 7.14. The molecule has 0 unspecified atom stereocenters. The molecule has 0 bridgehead atoms. The Morgan fingerprint density at radius 1 is 1.13 bits per heavy atom. The zero-order valence-corrected chi connectivity index (χ0v) is 15.4. The Morgan fingerprint density at radius 3 is 2.39 bits per heavy atom. The molecule has 1 aromatic rings. The zero-order valence-electron chi connectivity index (χ0n) is 15.4. The molecule has 1 aliphatic rings. The number of allylic oxidation sites excluding steroid dienone is 4. The third kappa shape index (κ3) is 5.83. The van der Waals surface area contributed by atoms with Crippen LogP contribution in [-0.4, -0.2) is 29.0 Å². The molecule has 0 aliphatic heterocycles. The van der Waals surface area contributed by atoms with Crippen molar-refractivity contribution in [3.63, 3.8) is 0 Å². The van der Waals surface area contributed by atoms with Crippen LogP contribution < -0.4 is 0 Å². The fourth-order valence-corrected chi connectivity index (χ4v) is 3.89. The minimum atomic E-state index is 0.804. The van der Waals surface area contributed by atoms with Gasteiger partial charge >= 0.3 is 0 Å². The Labute approximate surface area is 146 Å². The van der Waals surface area contributed by atoms with Crippen LogP contribution in [-0.2, 0) is 6.42 Å². The zero-order chi connectivity index (χ0) is 16.5. The van der Waals surface area contributed by atoms with Crippen molar-refractivity contribution in [2.45, 2.75) is 57.7 Å². The summed E-state index contributed by atoms with van der Waals surface area (Å²) in [5.41, 5.74) is 4.39. The van der Waals surface area contributed by atoms with Crippen molar-refractivity contribution in [1.82, 2.24) is 0 Å². The van der Waals surface area contributed by atoms with Crippen LogP contribution in [0.2, 0.25) is 5.82 Å². The van der Waals surface area contributed by atoms with E-state index in [0.29, 0.717) is 0 Å². The van der Waals surface area contributed by atoms with Crippen LogP contribution in [0.25, 0.3) is 0 Å². The maximum atomic E-state index is 2.38. The molecule has 0 N–H and O–H groups in total. The highest BCUT2D eigenvalue weighted by Gasteiger charge is 2.22. The van der Waals surface area contributed by atoms with Gasteiger partial charge in [0.25, 0.3) is 0 Å². The molecule has 0 radical (unpaired) electrons. The lowest BCUT2D eigenvalue weighted by molar-refractivity contribution is 0.443. The SMILES string of the molecule is BBBBC1CCC(c2ccc(CC(/C=C\C)=C/C)cc2)CC1. The molecule has 0 nitrogen and oxygen atoms in total. The molecule has 2 rings (SSSR count). The smallest absolute Gasteiger partial charge is 0.0815 e. The van der Waals surface area contributed by atoms with Crippen LogP contribution in [0.5, 0.6) is 0 Å². The summed E-state index contributed by atoms with van der Waals surface area (Å²) in [7, 11) is 6.54. The van der Waals surface area contributed by atoms with E-state index < -0.39 is 0 Å². The number of hydrogen-bond acceptors (Lipinski definition) is 0. The van der Waals surface area contributed by atoms with Crippen molar-refractivity contribution in [2.75, 3.05) is 0 Å². The van der Waals surface area contributed by atoms with Crippen LogP contribution in [0.15, 0.2) is 48.1 Å². The van der Waals surface area contributed by atoms with Crippen molar-refractivity contribution in [1.29, 1.82) is 0 Å². The summed E-state index contributed by atoms with van der Waals surface area (Å²) in [6, 6.07) is 9.45. The van der Waals surface area contributed by atoms with E-state index in [1.807, 2.05) is 0 Å². The Kier molecular flexibility index (Phi) is 7.92. The average molecular weight is 302 g/mol. The van der Waals surface area contributed by atoms with E-state index in [4.69, 9.17) is 0 Å². The Hall–Kier alpha value is -1.04. The second kappa shape index (κ2) is 9.96. The highest BCUT2D eigenvalue weighted by Crippen LogP contribution is 2.38. The summed E-state index contributed by atoms with van der Waals surface area (Å²) < 4.78 is 0. The van der Waals surface area contributed by atoms with E-state index >= 15 is 0 Å². The maximum absolute atomic E-state index is 2.38. The predicted octanol–water partition coefficient (Wildman–Crippen LogP) is 2.89. The van der Waals surface area contributed by atoms with Gasteiger partial charge in [0, 0.05) is 14.1 Å². The molecule has 23 heavy (non-hydrogen) atoms. The van der Waals surface area contributed by atoms with Gasteiger partial charge in [-0.15, -0.1) is 0 Å². The van der Waals surface area contributed by atoms with Crippen molar-refractivity contribution >= 4 is 29.0 Å². The molecule has 0 amide bonds. The first-order valence-electron chi connectivity index (χ1n) is 9.63. The van der Waals surface area contributed by atoms with Gasteiger partial charge in [-0.25, -0.2) is 0 Å². The molecule has 1 aromatic carbocycles. The van der Waals surface area contributed by atoms with Gasteiger partial charge in [-0.3, -0.25) is 0 Å². The summed E-state index contributed by atoms with van der Waals surface area (Å²) in [4.78, 5) is 0. The maximum Gasteiger partial charge on any atom is 0.0815 e. The third-order valence-corrected chi connectivity index (χ3v) is 5.42. The van der Waals surface area contributed by atoms with Crippen LogP contribution in [0.3, 0.4) is 0 Å². The Morgan fingerprint density at radius 2 is 1.83 bits per heavy atom. The van der Waals surface area contributed by atoms with Gasteiger partial charge in [-0.1, -0.05) is 61.2 Å². The Balaban J connectivity index is 1.88. The Bertz CT molecular complexity index is 511. The second-order valence-electron chi connectivity index (χ2n) is 7.14. The number of rotatable bonds is 7. The topological polar surface area (TPSA) is 0 Å². The largest absolute Gasteiger partial charge is 0.0874 e. The molecule has 0 spiro atoms. The van der Waals surface area contributed by atoms with E-state index in [2.05, 4.69) is 64.1 Å².